The normalized spacial score (nSPS) is 15.0. The van der Waals surface area contributed by atoms with Crippen molar-refractivity contribution >= 4 is 16.0 Å². The van der Waals surface area contributed by atoms with Gasteiger partial charge >= 0.3 is 5.97 Å². The molecule has 1 heterocycles. The number of carbonyl (C=O) groups is 1. The minimum Gasteiger partial charge on any atom is -0.478 e. The Morgan fingerprint density at radius 1 is 1.29 bits per heavy atom. The zero-order chi connectivity index (χ0) is 15.0. The zero-order valence-corrected chi connectivity index (χ0v) is 11.7. The molecule has 7 nitrogen and oxygen atoms in total. The van der Waals surface area contributed by atoms with Crippen LogP contribution in [0.1, 0.15) is 23.2 Å². The van der Waals surface area contributed by atoms with E-state index in [-0.39, 0.29) is 16.5 Å². The first-order valence-corrected chi connectivity index (χ1v) is 7.84. The third-order valence-corrected chi connectivity index (χ3v) is 4.69. The molecule has 0 radical (unpaired) electrons. The predicted octanol–water partition coefficient (Wildman–Crippen LogP) is 1.22. The van der Waals surface area contributed by atoms with Gasteiger partial charge in [0.15, 0.2) is 0 Å². The Hall–Kier alpha value is -2.19. The lowest BCUT2D eigenvalue weighted by atomic mass is 10.1. The topological polar surface area (TPSA) is 112 Å². The molecule has 1 fully saturated rings. The van der Waals surface area contributed by atoms with E-state index in [2.05, 4.69) is 14.9 Å². The number of sulfonamides is 1. The molecule has 0 atom stereocenters. The lowest BCUT2D eigenvalue weighted by Gasteiger charge is -2.08. The summed E-state index contributed by atoms with van der Waals surface area (Å²) in [5, 5.41) is 15.6. The molecule has 1 aromatic heterocycles. The lowest BCUT2D eigenvalue weighted by molar-refractivity contribution is 0.0696. The van der Waals surface area contributed by atoms with E-state index < -0.39 is 16.0 Å². The van der Waals surface area contributed by atoms with Gasteiger partial charge in [0.1, 0.15) is 0 Å². The minimum absolute atomic E-state index is 0.0409. The fourth-order valence-corrected chi connectivity index (χ4v) is 3.32. The van der Waals surface area contributed by atoms with Gasteiger partial charge in [-0.25, -0.2) is 17.9 Å². The van der Waals surface area contributed by atoms with Gasteiger partial charge in [-0.1, -0.05) is 0 Å². The highest BCUT2D eigenvalue weighted by Crippen LogP contribution is 2.26. The van der Waals surface area contributed by atoms with Crippen LogP contribution < -0.4 is 4.72 Å². The number of nitrogens with zero attached hydrogens (tertiary/aromatic N) is 1. The maximum absolute atomic E-state index is 12.3. The maximum atomic E-state index is 12.3. The number of rotatable bonds is 5. The summed E-state index contributed by atoms with van der Waals surface area (Å²) in [6, 6.07) is 3.99. The first kappa shape index (κ1) is 13.8. The van der Waals surface area contributed by atoms with Gasteiger partial charge in [-0.3, -0.25) is 5.10 Å². The molecule has 1 saturated carbocycles. The van der Waals surface area contributed by atoms with Crippen molar-refractivity contribution < 1.29 is 18.3 Å². The summed E-state index contributed by atoms with van der Waals surface area (Å²) in [6.07, 6.45) is 4.70. The average molecular weight is 307 g/mol. The highest BCUT2D eigenvalue weighted by atomic mass is 32.2. The van der Waals surface area contributed by atoms with E-state index in [0.717, 1.165) is 18.9 Å². The van der Waals surface area contributed by atoms with Crippen LogP contribution in [-0.4, -0.2) is 35.7 Å². The van der Waals surface area contributed by atoms with Gasteiger partial charge in [-0.2, -0.15) is 5.10 Å². The van der Waals surface area contributed by atoms with Crippen LogP contribution in [0.2, 0.25) is 0 Å². The standard InChI is InChI=1S/C13H13N3O4S/c17-13(18)9-3-8(10-6-14-15-7-10)4-12(5-9)21(19,20)16-11-1-2-11/h3-7,11,16H,1-2H2,(H,14,15)(H,17,18). The molecule has 21 heavy (non-hydrogen) atoms. The first-order chi connectivity index (χ1) is 9.95. The van der Waals surface area contributed by atoms with Crippen molar-refractivity contribution in [1.82, 2.24) is 14.9 Å². The fourth-order valence-electron chi connectivity index (χ4n) is 1.94. The molecule has 1 aliphatic rings. The summed E-state index contributed by atoms with van der Waals surface area (Å²) in [5.74, 6) is -1.18. The molecular weight excluding hydrogens is 294 g/mol. The highest BCUT2D eigenvalue weighted by Gasteiger charge is 2.28. The first-order valence-electron chi connectivity index (χ1n) is 6.35. The Balaban J connectivity index is 2.09. The van der Waals surface area contributed by atoms with Crippen LogP contribution in [0.15, 0.2) is 35.5 Å². The van der Waals surface area contributed by atoms with Gasteiger partial charge in [0.05, 0.1) is 16.7 Å². The summed E-state index contributed by atoms with van der Waals surface area (Å²) >= 11 is 0. The van der Waals surface area contributed by atoms with Gasteiger partial charge in [0.2, 0.25) is 10.0 Å². The third kappa shape index (κ3) is 2.96. The summed E-state index contributed by atoms with van der Waals surface area (Å²) in [6.45, 7) is 0. The van der Waals surface area contributed by atoms with Crippen molar-refractivity contribution in [3.8, 4) is 11.1 Å². The predicted molar refractivity (Wildman–Crippen MR) is 74.3 cm³/mol. The summed E-state index contributed by atoms with van der Waals surface area (Å²) in [7, 11) is -3.71. The SMILES string of the molecule is O=C(O)c1cc(-c2cn[nH]c2)cc(S(=O)(=O)NC2CC2)c1. The summed E-state index contributed by atoms with van der Waals surface area (Å²) in [4.78, 5) is 11.1. The second-order valence-electron chi connectivity index (χ2n) is 4.93. The maximum Gasteiger partial charge on any atom is 0.335 e. The molecule has 0 amide bonds. The number of hydrogen-bond acceptors (Lipinski definition) is 4. The molecule has 0 unspecified atom stereocenters. The quantitative estimate of drug-likeness (QED) is 0.768. The Morgan fingerprint density at radius 3 is 2.62 bits per heavy atom. The number of hydrogen-bond donors (Lipinski definition) is 3. The fraction of sp³-hybridized carbons (Fsp3) is 0.231. The zero-order valence-electron chi connectivity index (χ0n) is 10.9. The van der Waals surface area contributed by atoms with E-state index in [1.54, 1.807) is 6.20 Å². The van der Waals surface area contributed by atoms with Gasteiger partial charge in [0.25, 0.3) is 0 Å². The number of nitrogens with one attached hydrogen (secondary N) is 2. The minimum atomic E-state index is -3.71. The average Bonchev–Trinajstić information content (AvgIpc) is 3.07. The number of aromatic amines is 1. The largest absolute Gasteiger partial charge is 0.478 e. The number of aromatic carboxylic acids is 1. The second-order valence-corrected chi connectivity index (χ2v) is 6.65. The van der Waals surface area contributed by atoms with Crippen LogP contribution in [0, 0.1) is 0 Å². The lowest BCUT2D eigenvalue weighted by Crippen LogP contribution is -2.26. The van der Waals surface area contributed by atoms with Crippen LogP contribution in [-0.2, 0) is 10.0 Å². The molecule has 0 saturated heterocycles. The van der Waals surface area contributed by atoms with Gasteiger partial charge in [0, 0.05) is 17.8 Å². The summed E-state index contributed by atoms with van der Waals surface area (Å²) < 4.78 is 27.0. The van der Waals surface area contributed by atoms with Gasteiger partial charge < -0.3 is 5.11 Å². The molecule has 3 rings (SSSR count). The molecule has 110 valence electrons. The van der Waals surface area contributed by atoms with Gasteiger partial charge in [-0.05, 0) is 36.6 Å². The molecule has 0 spiro atoms. The van der Waals surface area contributed by atoms with Crippen molar-refractivity contribution in [2.75, 3.05) is 0 Å². The van der Waals surface area contributed by atoms with Crippen LogP contribution in [0.4, 0.5) is 0 Å². The number of carboxylic acids is 1. The van der Waals surface area contributed by atoms with Gasteiger partial charge in [-0.15, -0.1) is 0 Å². The molecule has 1 aliphatic carbocycles. The molecule has 0 aliphatic heterocycles. The molecule has 2 aromatic rings. The van der Waals surface area contributed by atoms with Crippen molar-refractivity contribution in [2.45, 2.75) is 23.8 Å². The van der Waals surface area contributed by atoms with Crippen LogP contribution in [0.25, 0.3) is 11.1 Å². The van der Waals surface area contributed by atoms with Crippen LogP contribution >= 0.6 is 0 Å². The highest BCUT2D eigenvalue weighted by molar-refractivity contribution is 7.89. The van der Waals surface area contributed by atoms with E-state index in [0.29, 0.717) is 11.1 Å². The van der Waals surface area contributed by atoms with E-state index in [1.165, 1.54) is 18.3 Å². The van der Waals surface area contributed by atoms with Crippen LogP contribution in [0.5, 0.6) is 0 Å². The van der Waals surface area contributed by atoms with Crippen molar-refractivity contribution in [3.63, 3.8) is 0 Å². The Morgan fingerprint density at radius 2 is 2.05 bits per heavy atom. The molecule has 0 bridgehead atoms. The van der Waals surface area contributed by atoms with Crippen molar-refractivity contribution in [3.05, 3.63) is 36.2 Å². The number of aromatic nitrogens is 2. The van der Waals surface area contributed by atoms with E-state index in [9.17, 15) is 13.2 Å². The monoisotopic (exact) mass is 307 g/mol. The second kappa shape index (κ2) is 4.97. The Kier molecular flexibility index (Phi) is 3.26. The molecule has 1 aromatic carbocycles. The molecule has 3 N–H and O–H groups in total. The van der Waals surface area contributed by atoms with E-state index in [4.69, 9.17) is 5.11 Å². The molecule has 8 heteroatoms. The Bertz CT molecular complexity index is 780. The number of carboxylic acid groups (broad SMARTS) is 1. The van der Waals surface area contributed by atoms with Crippen LogP contribution in [0.3, 0.4) is 0 Å². The molecular formula is C13H13N3O4S. The van der Waals surface area contributed by atoms with E-state index >= 15 is 0 Å². The van der Waals surface area contributed by atoms with E-state index in [1.807, 2.05) is 0 Å². The number of H-pyrrole nitrogens is 1. The number of benzene rings is 1. The van der Waals surface area contributed by atoms with Crippen molar-refractivity contribution in [1.29, 1.82) is 0 Å². The Labute approximate surface area is 121 Å². The smallest absolute Gasteiger partial charge is 0.335 e. The van der Waals surface area contributed by atoms with Crippen molar-refractivity contribution in [2.24, 2.45) is 0 Å². The summed E-state index contributed by atoms with van der Waals surface area (Å²) in [5.41, 5.74) is 1.03. The third-order valence-electron chi connectivity index (χ3n) is 3.19.